The van der Waals surface area contributed by atoms with Crippen molar-refractivity contribution in [1.29, 1.82) is 0 Å². The molecule has 25 heavy (non-hydrogen) atoms. The van der Waals surface area contributed by atoms with E-state index in [0.717, 1.165) is 0 Å². The van der Waals surface area contributed by atoms with Gasteiger partial charge in [0.05, 0.1) is 4.90 Å². The maximum Gasteiger partial charge on any atom is 0.246 e. The van der Waals surface area contributed by atoms with Crippen LogP contribution < -0.4 is 15.8 Å². The second-order valence-corrected chi connectivity index (χ2v) is 7.13. The molecule has 1 amide bonds. The van der Waals surface area contributed by atoms with E-state index in [0.29, 0.717) is 16.9 Å². The van der Waals surface area contributed by atoms with Crippen LogP contribution in [-0.2, 0) is 14.8 Å². The molecule has 7 nitrogen and oxygen atoms in total. The third kappa shape index (κ3) is 5.13. The van der Waals surface area contributed by atoms with Crippen LogP contribution >= 0.6 is 0 Å². The number of benzene rings is 2. The molecule has 0 aliphatic rings. The molecule has 0 heterocycles. The molecule has 0 fully saturated rings. The monoisotopic (exact) mass is 361 g/mol. The topological polar surface area (TPSA) is 118 Å². The van der Waals surface area contributed by atoms with Gasteiger partial charge in [-0.1, -0.05) is 18.2 Å². The predicted octanol–water partition coefficient (Wildman–Crippen LogP) is 1.98. The van der Waals surface area contributed by atoms with E-state index in [2.05, 4.69) is 10.6 Å². The first-order chi connectivity index (χ1) is 11.7. The van der Waals surface area contributed by atoms with Crippen molar-refractivity contribution < 1.29 is 18.0 Å². The third-order valence-electron chi connectivity index (χ3n) is 3.48. The normalized spacial score (nSPS) is 12.3. The largest absolute Gasteiger partial charge is 0.374 e. The van der Waals surface area contributed by atoms with Gasteiger partial charge < -0.3 is 10.6 Å². The van der Waals surface area contributed by atoms with Crippen molar-refractivity contribution in [3.8, 4) is 0 Å². The summed E-state index contributed by atoms with van der Waals surface area (Å²) in [7, 11) is -3.84. The molecule has 0 aliphatic heterocycles. The molecule has 2 aromatic rings. The standard InChI is InChI=1S/C17H19N3O4S/c1-11(19-14-6-3-5-13(9-14)12(2)21)17(22)20-15-7-4-8-16(10-15)25(18,23)24/h3-11,19H,1-2H3,(H,20,22)(H2,18,23,24)/t11-/m0/s1. The zero-order chi connectivity index (χ0) is 18.6. The van der Waals surface area contributed by atoms with Crippen LogP contribution in [-0.4, -0.2) is 26.2 Å². The molecule has 4 N–H and O–H groups in total. The lowest BCUT2D eigenvalue weighted by molar-refractivity contribution is -0.116. The second-order valence-electron chi connectivity index (χ2n) is 5.57. The lowest BCUT2D eigenvalue weighted by Crippen LogP contribution is -2.32. The number of rotatable bonds is 6. The lowest BCUT2D eigenvalue weighted by atomic mass is 10.1. The first kappa shape index (κ1) is 18.6. The zero-order valence-electron chi connectivity index (χ0n) is 13.8. The SMILES string of the molecule is CC(=O)c1cccc(N[C@@H](C)C(=O)Nc2cccc(S(N)(=O)=O)c2)c1. The number of hydrogen-bond donors (Lipinski definition) is 3. The van der Waals surface area contributed by atoms with Crippen molar-refractivity contribution >= 4 is 33.1 Å². The molecule has 2 rings (SSSR count). The highest BCUT2D eigenvalue weighted by atomic mass is 32.2. The Morgan fingerprint density at radius 3 is 2.32 bits per heavy atom. The van der Waals surface area contributed by atoms with Crippen molar-refractivity contribution in [1.82, 2.24) is 0 Å². The van der Waals surface area contributed by atoms with E-state index < -0.39 is 16.1 Å². The number of Topliss-reactive ketones (excluding diaryl/α,β-unsaturated/α-hetero) is 1. The molecule has 0 aromatic heterocycles. The highest BCUT2D eigenvalue weighted by molar-refractivity contribution is 7.89. The van der Waals surface area contributed by atoms with Gasteiger partial charge >= 0.3 is 0 Å². The van der Waals surface area contributed by atoms with Gasteiger partial charge in [0.1, 0.15) is 6.04 Å². The van der Waals surface area contributed by atoms with Crippen LogP contribution in [0.4, 0.5) is 11.4 Å². The Bertz CT molecular complexity index is 910. The molecule has 0 radical (unpaired) electrons. The molecular formula is C17H19N3O4S. The quantitative estimate of drug-likeness (QED) is 0.680. The molecule has 8 heteroatoms. The van der Waals surface area contributed by atoms with Gasteiger partial charge in [-0.3, -0.25) is 9.59 Å². The summed E-state index contributed by atoms with van der Waals surface area (Å²) >= 11 is 0. The first-order valence-corrected chi connectivity index (χ1v) is 9.03. The van der Waals surface area contributed by atoms with Crippen LogP contribution in [0.5, 0.6) is 0 Å². The van der Waals surface area contributed by atoms with E-state index in [9.17, 15) is 18.0 Å². The first-order valence-electron chi connectivity index (χ1n) is 7.48. The van der Waals surface area contributed by atoms with Crippen molar-refractivity contribution in [2.24, 2.45) is 5.14 Å². The molecule has 2 aromatic carbocycles. The number of hydrogen-bond acceptors (Lipinski definition) is 5. The van der Waals surface area contributed by atoms with Gasteiger partial charge in [0, 0.05) is 16.9 Å². The Hall–Kier alpha value is -2.71. The number of amides is 1. The number of anilines is 2. The molecule has 0 saturated heterocycles. The number of carbonyl (C=O) groups is 2. The van der Waals surface area contributed by atoms with Gasteiger partial charge in [-0.25, -0.2) is 13.6 Å². The van der Waals surface area contributed by atoms with Gasteiger partial charge in [-0.15, -0.1) is 0 Å². The molecule has 0 bridgehead atoms. The van der Waals surface area contributed by atoms with E-state index in [4.69, 9.17) is 5.14 Å². The van der Waals surface area contributed by atoms with Crippen LogP contribution in [0.15, 0.2) is 53.4 Å². The van der Waals surface area contributed by atoms with Crippen LogP contribution in [0.2, 0.25) is 0 Å². The molecular weight excluding hydrogens is 342 g/mol. The average Bonchev–Trinajstić information content (AvgIpc) is 2.54. The molecule has 0 spiro atoms. The fourth-order valence-electron chi connectivity index (χ4n) is 2.14. The van der Waals surface area contributed by atoms with Crippen molar-refractivity contribution in [2.75, 3.05) is 10.6 Å². The fraction of sp³-hybridized carbons (Fsp3) is 0.176. The fourth-order valence-corrected chi connectivity index (χ4v) is 2.70. The Morgan fingerprint density at radius 2 is 1.68 bits per heavy atom. The minimum atomic E-state index is -3.84. The maximum absolute atomic E-state index is 12.3. The van der Waals surface area contributed by atoms with E-state index in [-0.39, 0.29) is 16.6 Å². The Morgan fingerprint density at radius 1 is 1.04 bits per heavy atom. The molecule has 0 saturated carbocycles. The zero-order valence-corrected chi connectivity index (χ0v) is 14.6. The highest BCUT2D eigenvalue weighted by Crippen LogP contribution is 2.16. The lowest BCUT2D eigenvalue weighted by Gasteiger charge is -2.16. The summed E-state index contributed by atoms with van der Waals surface area (Å²) in [5, 5.41) is 10.7. The summed E-state index contributed by atoms with van der Waals surface area (Å²) in [5.74, 6) is -0.430. The molecule has 0 unspecified atom stereocenters. The Labute approximate surface area is 146 Å². The summed E-state index contributed by atoms with van der Waals surface area (Å²) in [6, 6.07) is 11.9. The van der Waals surface area contributed by atoms with Gasteiger partial charge in [-0.2, -0.15) is 0 Å². The summed E-state index contributed by atoms with van der Waals surface area (Å²) in [5.41, 5.74) is 1.50. The van der Waals surface area contributed by atoms with Crippen LogP contribution in [0.1, 0.15) is 24.2 Å². The average molecular weight is 361 g/mol. The summed E-state index contributed by atoms with van der Waals surface area (Å²) in [6.07, 6.45) is 0. The van der Waals surface area contributed by atoms with Crippen LogP contribution in [0.3, 0.4) is 0 Å². The Kier molecular flexibility index (Phi) is 5.55. The number of ketones is 1. The summed E-state index contributed by atoms with van der Waals surface area (Å²) in [4.78, 5) is 23.6. The molecule has 132 valence electrons. The number of carbonyl (C=O) groups excluding carboxylic acids is 2. The minimum absolute atomic E-state index is 0.0689. The number of sulfonamides is 1. The highest BCUT2D eigenvalue weighted by Gasteiger charge is 2.15. The van der Waals surface area contributed by atoms with Crippen LogP contribution in [0, 0.1) is 0 Å². The molecule has 0 aliphatic carbocycles. The predicted molar refractivity (Wildman–Crippen MR) is 96.0 cm³/mol. The van der Waals surface area contributed by atoms with Crippen molar-refractivity contribution in [3.05, 3.63) is 54.1 Å². The van der Waals surface area contributed by atoms with Gasteiger partial charge in [0.15, 0.2) is 5.78 Å². The van der Waals surface area contributed by atoms with E-state index in [1.807, 2.05) is 0 Å². The smallest absolute Gasteiger partial charge is 0.246 e. The van der Waals surface area contributed by atoms with E-state index in [1.165, 1.54) is 25.1 Å². The second kappa shape index (κ2) is 7.45. The maximum atomic E-state index is 12.3. The molecule has 1 atom stereocenters. The van der Waals surface area contributed by atoms with Gasteiger partial charge in [-0.05, 0) is 44.2 Å². The van der Waals surface area contributed by atoms with E-state index in [1.54, 1.807) is 37.3 Å². The van der Waals surface area contributed by atoms with Crippen molar-refractivity contribution in [2.45, 2.75) is 24.8 Å². The minimum Gasteiger partial charge on any atom is -0.374 e. The third-order valence-corrected chi connectivity index (χ3v) is 4.39. The van der Waals surface area contributed by atoms with E-state index >= 15 is 0 Å². The van der Waals surface area contributed by atoms with Gasteiger partial charge in [0.25, 0.3) is 0 Å². The van der Waals surface area contributed by atoms with Gasteiger partial charge in [0.2, 0.25) is 15.9 Å². The van der Waals surface area contributed by atoms with Crippen LogP contribution in [0.25, 0.3) is 0 Å². The number of nitrogens with one attached hydrogen (secondary N) is 2. The summed E-state index contributed by atoms with van der Waals surface area (Å²) < 4.78 is 22.7. The summed E-state index contributed by atoms with van der Waals surface area (Å²) in [6.45, 7) is 3.12. The Balaban J connectivity index is 2.08. The number of nitrogens with two attached hydrogens (primary N) is 1. The number of primary sulfonamides is 1. The van der Waals surface area contributed by atoms with Crippen molar-refractivity contribution in [3.63, 3.8) is 0 Å².